The molecule has 16 heavy (non-hydrogen) atoms. The molecule has 4 heteroatoms. The third kappa shape index (κ3) is 2.10. The van der Waals surface area contributed by atoms with Crippen LogP contribution in [-0.4, -0.2) is 9.78 Å². The molecule has 2 N–H and O–H groups in total. The molecular formula is C12H14ClN3. The minimum absolute atomic E-state index is 0.0204. The van der Waals surface area contributed by atoms with Crippen LogP contribution in [0, 0.1) is 6.92 Å². The Morgan fingerprint density at radius 2 is 2.19 bits per heavy atom. The van der Waals surface area contributed by atoms with Crippen molar-refractivity contribution in [2.24, 2.45) is 5.73 Å². The Morgan fingerprint density at radius 1 is 1.44 bits per heavy atom. The average molecular weight is 236 g/mol. The van der Waals surface area contributed by atoms with Crippen molar-refractivity contribution >= 4 is 11.6 Å². The van der Waals surface area contributed by atoms with Gasteiger partial charge in [0.15, 0.2) is 0 Å². The number of aryl methyl sites for hydroxylation is 1. The molecule has 0 bridgehead atoms. The van der Waals surface area contributed by atoms with Crippen LogP contribution in [0.4, 0.5) is 0 Å². The number of nitrogens with two attached hydrogens (primary N) is 1. The van der Waals surface area contributed by atoms with Gasteiger partial charge in [-0.15, -0.1) is 0 Å². The van der Waals surface area contributed by atoms with Crippen LogP contribution in [0.15, 0.2) is 30.5 Å². The smallest absolute Gasteiger partial charge is 0.0819 e. The monoisotopic (exact) mass is 235 g/mol. The van der Waals surface area contributed by atoms with E-state index in [1.54, 1.807) is 10.9 Å². The highest BCUT2D eigenvalue weighted by atomic mass is 35.5. The SMILES string of the molecule is Cc1nn(-c2cccc(C(C)N)c2)cc1Cl. The number of aromatic nitrogens is 2. The molecule has 0 fully saturated rings. The highest BCUT2D eigenvalue weighted by Gasteiger charge is 2.05. The molecule has 0 aliphatic heterocycles. The maximum atomic E-state index is 5.97. The van der Waals surface area contributed by atoms with E-state index in [0.29, 0.717) is 5.02 Å². The number of hydrogen-bond acceptors (Lipinski definition) is 2. The predicted molar refractivity (Wildman–Crippen MR) is 65.9 cm³/mol. The van der Waals surface area contributed by atoms with Crippen LogP contribution in [0.2, 0.25) is 5.02 Å². The summed E-state index contributed by atoms with van der Waals surface area (Å²) in [5.41, 5.74) is 8.73. The summed E-state index contributed by atoms with van der Waals surface area (Å²) in [4.78, 5) is 0. The van der Waals surface area contributed by atoms with Crippen LogP contribution in [0.25, 0.3) is 5.69 Å². The third-order valence-electron chi connectivity index (χ3n) is 2.50. The van der Waals surface area contributed by atoms with Gasteiger partial charge >= 0.3 is 0 Å². The maximum absolute atomic E-state index is 5.97. The van der Waals surface area contributed by atoms with Crippen molar-refractivity contribution in [2.75, 3.05) is 0 Å². The van der Waals surface area contributed by atoms with E-state index in [1.807, 2.05) is 38.1 Å². The summed E-state index contributed by atoms with van der Waals surface area (Å²) in [7, 11) is 0. The van der Waals surface area contributed by atoms with E-state index in [-0.39, 0.29) is 6.04 Å². The molecule has 1 aromatic heterocycles. The molecule has 1 heterocycles. The molecule has 2 aromatic rings. The van der Waals surface area contributed by atoms with Crippen molar-refractivity contribution in [1.82, 2.24) is 9.78 Å². The number of benzene rings is 1. The molecule has 0 amide bonds. The Hall–Kier alpha value is -1.32. The lowest BCUT2D eigenvalue weighted by atomic mass is 10.1. The molecule has 0 saturated carbocycles. The molecule has 0 spiro atoms. The molecule has 0 aliphatic rings. The van der Waals surface area contributed by atoms with Crippen LogP contribution in [0.3, 0.4) is 0 Å². The van der Waals surface area contributed by atoms with E-state index in [0.717, 1.165) is 16.9 Å². The van der Waals surface area contributed by atoms with E-state index < -0.39 is 0 Å². The third-order valence-corrected chi connectivity index (χ3v) is 2.87. The molecule has 0 saturated heterocycles. The topological polar surface area (TPSA) is 43.8 Å². The highest BCUT2D eigenvalue weighted by molar-refractivity contribution is 6.31. The first-order chi connectivity index (χ1) is 7.58. The van der Waals surface area contributed by atoms with Gasteiger partial charge in [0, 0.05) is 12.2 Å². The van der Waals surface area contributed by atoms with Crippen LogP contribution in [-0.2, 0) is 0 Å². The van der Waals surface area contributed by atoms with Gasteiger partial charge in [0.25, 0.3) is 0 Å². The van der Waals surface area contributed by atoms with Gasteiger partial charge in [-0.1, -0.05) is 23.7 Å². The van der Waals surface area contributed by atoms with Gasteiger partial charge in [0.05, 0.1) is 16.4 Å². The van der Waals surface area contributed by atoms with Crippen molar-refractivity contribution in [3.8, 4) is 5.69 Å². The first-order valence-electron chi connectivity index (χ1n) is 5.15. The Kier molecular flexibility index (Phi) is 2.99. The zero-order valence-electron chi connectivity index (χ0n) is 9.31. The largest absolute Gasteiger partial charge is 0.324 e. The van der Waals surface area contributed by atoms with E-state index in [1.165, 1.54) is 0 Å². The summed E-state index contributed by atoms with van der Waals surface area (Å²) in [5, 5.41) is 5.00. The zero-order chi connectivity index (χ0) is 11.7. The van der Waals surface area contributed by atoms with Crippen molar-refractivity contribution in [3.63, 3.8) is 0 Å². The van der Waals surface area contributed by atoms with Gasteiger partial charge < -0.3 is 5.73 Å². The lowest BCUT2D eigenvalue weighted by molar-refractivity contribution is 0.807. The Bertz CT molecular complexity index is 483. The standard InChI is InChI=1S/C12H14ClN3/c1-8(14)10-4-3-5-11(6-10)16-7-12(13)9(2)15-16/h3-8H,14H2,1-2H3. The second-order valence-electron chi connectivity index (χ2n) is 3.89. The van der Waals surface area contributed by atoms with Gasteiger partial charge in [0.2, 0.25) is 0 Å². The van der Waals surface area contributed by atoms with Crippen molar-refractivity contribution < 1.29 is 0 Å². The van der Waals surface area contributed by atoms with Crippen molar-refractivity contribution in [1.29, 1.82) is 0 Å². The molecule has 1 atom stereocenters. The van der Waals surface area contributed by atoms with Crippen LogP contribution >= 0.6 is 11.6 Å². The van der Waals surface area contributed by atoms with Crippen LogP contribution in [0.1, 0.15) is 24.2 Å². The summed E-state index contributed by atoms with van der Waals surface area (Å²) >= 11 is 5.97. The van der Waals surface area contributed by atoms with Gasteiger partial charge in [-0.3, -0.25) is 0 Å². The van der Waals surface area contributed by atoms with E-state index in [2.05, 4.69) is 5.10 Å². The lowest BCUT2D eigenvalue weighted by Crippen LogP contribution is -2.06. The molecule has 1 unspecified atom stereocenters. The number of hydrogen-bond donors (Lipinski definition) is 1. The average Bonchev–Trinajstić information content (AvgIpc) is 2.59. The maximum Gasteiger partial charge on any atom is 0.0819 e. The van der Waals surface area contributed by atoms with Crippen LogP contribution in [0.5, 0.6) is 0 Å². The number of rotatable bonds is 2. The second-order valence-corrected chi connectivity index (χ2v) is 4.30. The van der Waals surface area contributed by atoms with Gasteiger partial charge in [-0.25, -0.2) is 4.68 Å². The van der Waals surface area contributed by atoms with Gasteiger partial charge in [-0.2, -0.15) is 5.10 Å². The molecule has 0 aliphatic carbocycles. The van der Waals surface area contributed by atoms with Crippen molar-refractivity contribution in [3.05, 3.63) is 46.7 Å². The Balaban J connectivity index is 2.44. The zero-order valence-corrected chi connectivity index (χ0v) is 10.1. The minimum atomic E-state index is 0.0204. The lowest BCUT2D eigenvalue weighted by Gasteiger charge is -2.07. The van der Waals surface area contributed by atoms with E-state index >= 15 is 0 Å². The number of halogens is 1. The second kappa shape index (κ2) is 4.28. The normalized spacial score (nSPS) is 12.8. The summed E-state index contributed by atoms with van der Waals surface area (Å²) in [6, 6.07) is 8.00. The fourth-order valence-electron chi connectivity index (χ4n) is 1.52. The first-order valence-corrected chi connectivity index (χ1v) is 5.53. The molecule has 0 radical (unpaired) electrons. The summed E-state index contributed by atoms with van der Waals surface area (Å²) in [6.45, 7) is 3.84. The first kappa shape index (κ1) is 11.2. The van der Waals surface area contributed by atoms with Crippen LogP contribution < -0.4 is 5.73 Å². The number of nitrogens with zero attached hydrogens (tertiary/aromatic N) is 2. The molecule has 84 valence electrons. The fraction of sp³-hybridized carbons (Fsp3) is 0.250. The fourth-order valence-corrected chi connectivity index (χ4v) is 1.65. The predicted octanol–water partition coefficient (Wildman–Crippen LogP) is 2.85. The summed E-state index contributed by atoms with van der Waals surface area (Å²) in [6.07, 6.45) is 1.80. The minimum Gasteiger partial charge on any atom is -0.324 e. The molecule has 3 nitrogen and oxygen atoms in total. The molecule has 1 aromatic carbocycles. The summed E-state index contributed by atoms with van der Waals surface area (Å²) in [5.74, 6) is 0. The molecule has 2 rings (SSSR count). The Morgan fingerprint density at radius 3 is 2.75 bits per heavy atom. The van der Waals surface area contributed by atoms with Gasteiger partial charge in [0.1, 0.15) is 0 Å². The van der Waals surface area contributed by atoms with Gasteiger partial charge in [-0.05, 0) is 31.5 Å². The highest BCUT2D eigenvalue weighted by Crippen LogP contribution is 2.18. The Labute approximate surface area is 99.8 Å². The molecular weight excluding hydrogens is 222 g/mol. The van der Waals surface area contributed by atoms with E-state index in [9.17, 15) is 0 Å². The van der Waals surface area contributed by atoms with Crippen molar-refractivity contribution in [2.45, 2.75) is 19.9 Å². The summed E-state index contributed by atoms with van der Waals surface area (Å²) < 4.78 is 1.77. The van der Waals surface area contributed by atoms with E-state index in [4.69, 9.17) is 17.3 Å². The quantitative estimate of drug-likeness (QED) is 0.870.